The average Bonchev–Trinajstić information content (AvgIpc) is 2.38. The van der Waals surface area contributed by atoms with Gasteiger partial charge >= 0.3 is 0 Å². The third-order valence-electron chi connectivity index (χ3n) is 2.91. The topological polar surface area (TPSA) is 90.1 Å². The average molecular weight is 250 g/mol. The Labute approximate surface area is 106 Å². The van der Waals surface area contributed by atoms with Crippen LogP contribution in [0.15, 0.2) is 6.33 Å². The van der Waals surface area contributed by atoms with E-state index in [0.29, 0.717) is 13.2 Å². The Morgan fingerprint density at radius 1 is 1.39 bits per heavy atom. The van der Waals surface area contributed by atoms with E-state index in [9.17, 15) is 4.79 Å². The summed E-state index contributed by atoms with van der Waals surface area (Å²) in [5.74, 6) is 0.441. The molecule has 1 heterocycles. The van der Waals surface area contributed by atoms with E-state index in [2.05, 4.69) is 15.3 Å². The quantitative estimate of drug-likeness (QED) is 0.707. The second-order valence-corrected chi connectivity index (χ2v) is 4.30. The minimum absolute atomic E-state index is 0.0381. The van der Waals surface area contributed by atoms with E-state index in [-0.39, 0.29) is 6.61 Å². The van der Waals surface area contributed by atoms with E-state index in [1.807, 2.05) is 0 Å². The summed E-state index contributed by atoms with van der Waals surface area (Å²) in [5.41, 5.74) is 7.34. The molecule has 2 rings (SSSR count). The van der Waals surface area contributed by atoms with Crippen molar-refractivity contribution in [2.24, 2.45) is 5.73 Å². The summed E-state index contributed by atoms with van der Waals surface area (Å²) in [4.78, 5) is 19.0. The van der Waals surface area contributed by atoms with Crippen molar-refractivity contribution in [2.45, 2.75) is 25.7 Å². The van der Waals surface area contributed by atoms with Gasteiger partial charge in [-0.1, -0.05) is 0 Å². The number of aromatic nitrogens is 2. The molecule has 0 unspecified atom stereocenters. The van der Waals surface area contributed by atoms with Gasteiger partial charge in [0, 0.05) is 17.8 Å². The van der Waals surface area contributed by atoms with Crippen LogP contribution < -0.4 is 11.1 Å². The second kappa shape index (κ2) is 6.30. The molecular formula is C12H18N4O2. The van der Waals surface area contributed by atoms with E-state index in [1.165, 1.54) is 18.4 Å². The summed E-state index contributed by atoms with van der Waals surface area (Å²) in [6, 6.07) is 0. The molecule has 6 heteroatoms. The van der Waals surface area contributed by atoms with Crippen LogP contribution in [-0.4, -0.2) is 35.6 Å². The van der Waals surface area contributed by atoms with Gasteiger partial charge in [0.25, 0.3) is 0 Å². The number of hydrogen-bond acceptors (Lipinski definition) is 5. The van der Waals surface area contributed by atoms with E-state index in [4.69, 9.17) is 10.5 Å². The highest BCUT2D eigenvalue weighted by Crippen LogP contribution is 2.23. The lowest BCUT2D eigenvalue weighted by Gasteiger charge is -2.17. The molecule has 0 atom stereocenters. The summed E-state index contributed by atoms with van der Waals surface area (Å²) in [7, 11) is 0. The molecule has 98 valence electrons. The maximum Gasteiger partial charge on any atom is 0.243 e. The number of amides is 1. The minimum atomic E-state index is -0.450. The lowest BCUT2D eigenvalue weighted by Crippen LogP contribution is -2.21. The largest absolute Gasteiger partial charge is 0.370 e. The molecule has 0 spiro atoms. The molecule has 18 heavy (non-hydrogen) atoms. The van der Waals surface area contributed by atoms with Crippen LogP contribution in [0.5, 0.6) is 0 Å². The zero-order valence-corrected chi connectivity index (χ0v) is 10.3. The lowest BCUT2D eigenvalue weighted by molar-refractivity contribution is -0.122. The van der Waals surface area contributed by atoms with Crippen molar-refractivity contribution in [2.75, 3.05) is 25.1 Å². The summed E-state index contributed by atoms with van der Waals surface area (Å²) < 4.78 is 5.08. The van der Waals surface area contributed by atoms with Crippen LogP contribution in [0.1, 0.15) is 24.1 Å². The van der Waals surface area contributed by atoms with Crippen molar-refractivity contribution in [1.29, 1.82) is 0 Å². The Morgan fingerprint density at radius 2 is 2.22 bits per heavy atom. The summed E-state index contributed by atoms with van der Waals surface area (Å²) >= 11 is 0. The Hall–Kier alpha value is -1.69. The molecule has 1 aliphatic rings. The van der Waals surface area contributed by atoms with Crippen LogP contribution in [0, 0.1) is 0 Å². The first-order valence-electron chi connectivity index (χ1n) is 6.20. The predicted octanol–water partition coefficient (Wildman–Crippen LogP) is 0.269. The standard InChI is InChI=1S/C12H18N4O2/c13-11(17)7-18-6-5-14-12-9-3-1-2-4-10(9)15-8-16-12/h8H,1-7H2,(H2,13,17)(H,14,15,16). The van der Waals surface area contributed by atoms with Gasteiger partial charge in [0.15, 0.2) is 0 Å². The van der Waals surface area contributed by atoms with E-state index >= 15 is 0 Å². The number of hydrogen-bond donors (Lipinski definition) is 2. The van der Waals surface area contributed by atoms with Crippen LogP contribution in [0.2, 0.25) is 0 Å². The monoisotopic (exact) mass is 250 g/mol. The van der Waals surface area contributed by atoms with Crippen LogP contribution in [-0.2, 0) is 22.4 Å². The number of nitrogens with zero attached hydrogens (tertiary/aromatic N) is 2. The van der Waals surface area contributed by atoms with Crippen molar-refractivity contribution in [3.8, 4) is 0 Å². The van der Waals surface area contributed by atoms with Crippen molar-refractivity contribution in [1.82, 2.24) is 9.97 Å². The van der Waals surface area contributed by atoms with Gasteiger partial charge in [-0.2, -0.15) is 0 Å². The molecule has 0 aliphatic heterocycles. The van der Waals surface area contributed by atoms with Gasteiger partial charge in [0.05, 0.1) is 6.61 Å². The predicted molar refractivity (Wildman–Crippen MR) is 67.2 cm³/mol. The first-order valence-corrected chi connectivity index (χ1v) is 6.20. The molecule has 0 fully saturated rings. The third-order valence-corrected chi connectivity index (χ3v) is 2.91. The van der Waals surface area contributed by atoms with Crippen molar-refractivity contribution >= 4 is 11.7 Å². The minimum Gasteiger partial charge on any atom is -0.370 e. The second-order valence-electron chi connectivity index (χ2n) is 4.30. The maximum absolute atomic E-state index is 10.5. The van der Waals surface area contributed by atoms with Gasteiger partial charge in [-0.05, 0) is 25.7 Å². The highest BCUT2D eigenvalue weighted by atomic mass is 16.5. The smallest absolute Gasteiger partial charge is 0.243 e. The zero-order chi connectivity index (χ0) is 12.8. The van der Waals surface area contributed by atoms with E-state index in [1.54, 1.807) is 6.33 Å². The molecule has 1 aromatic heterocycles. The number of carbonyl (C=O) groups excluding carboxylic acids is 1. The van der Waals surface area contributed by atoms with Gasteiger partial charge in [0.2, 0.25) is 5.91 Å². The number of ether oxygens (including phenoxy) is 1. The van der Waals surface area contributed by atoms with Crippen LogP contribution >= 0.6 is 0 Å². The molecule has 0 bridgehead atoms. The number of carbonyl (C=O) groups is 1. The number of rotatable bonds is 6. The first-order chi connectivity index (χ1) is 8.77. The molecule has 1 aliphatic carbocycles. The number of aryl methyl sites for hydroxylation is 1. The molecular weight excluding hydrogens is 232 g/mol. The molecule has 0 radical (unpaired) electrons. The van der Waals surface area contributed by atoms with Gasteiger partial charge in [-0.3, -0.25) is 4.79 Å². The van der Waals surface area contributed by atoms with E-state index < -0.39 is 5.91 Å². The summed E-state index contributed by atoms with van der Waals surface area (Å²) in [5, 5.41) is 3.22. The fourth-order valence-electron chi connectivity index (χ4n) is 2.09. The summed E-state index contributed by atoms with van der Waals surface area (Å²) in [6.07, 6.45) is 6.04. The Bertz CT molecular complexity index is 423. The number of nitrogens with one attached hydrogen (secondary N) is 1. The Balaban J connectivity index is 1.84. The van der Waals surface area contributed by atoms with E-state index in [0.717, 1.165) is 24.4 Å². The first kappa shape index (κ1) is 12.8. The third kappa shape index (κ3) is 3.40. The molecule has 3 N–H and O–H groups in total. The highest BCUT2D eigenvalue weighted by Gasteiger charge is 2.14. The van der Waals surface area contributed by atoms with Gasteiger partial charge in [0.1, 0.15) is 18.8 Å². The summed E-state index contributed by atoms with van der Waals surface area (Å²) in [6.45, 7) is 1.00. The van der Waals surface area contributed by atoms with Crippen molar-refractivity contribution in [3.63, 3.8) is 0 Å². The van der Waals surface area contributed by atoms with Crippen molar-refractivity contribution < 1.29 is 9.53 Å². The van der Waals surface area contributed by atoms with Crippen LogP contribution in [0.4, 0.5) is 5.82 Å². The van der Waals surface area contributed by atoms with Crippen LogP contribution in [0.25, 0.3) is 0 Å². The zero-order valence-electron chi connectivity index (χ0n) is 10.3. The molecule has 6 nitrogen and oxygen atoms in total. The lowest BCUT2D eigenvalue weighted by atomic mass is 9.96. The Kier molecular flexibility index (Phi) is 4.46. The number of fused-ring (bicyclic) bond motifs is 1. The Morgan fingerprint density at radius 3 is 3.06 bits per heavy atom. The fraction of sp³-hybridized carbons (Fsp3) is 0.583. The molecule has 0 saturated heterocycles. The molecule has 1 aromatic rings. The number of primary amides is 1. The molecule has 0 saturated carbocycles. The molecule has 1 amide bonds. The van der Waals surface area contributed by atoms with Crippen LogP contribution in [0.3, 0.4) is 0 Å². The van der Waals surface area contributed by atoms with Gasteiger partial charge in [-0.15, -0.1) is 0 Å². The van der Waals surface area contributed by atoms with Gasteiger partial charge in [-0.25, -0.2) is 9.97 Å². The highest BCUT2D eigenvalue weighted by molar-refractivity contribution is 5.74. The normalized spacial score (nSPS) is 14.0. The number of anilines is 1. The fourth-order valence-corrected chi connectivity index (χ4v) is 2.09. The molecule has 0 aromatic carbocycles. The SMILES string of the molecule is NC(=O)COCCNc1ncnc2c1CCCC2. The number of nitrogens with two attached hydrogens (primary N) is 1. The van der Waals surface area contributed by atoms with Crippen molar-refractivity contribution in [3.05, 3.63) is 17.6 Å². The maximum atomic E-state index is 10.5. The van der Waals surface area contributed by atoms with Gasteiger partial charge < -0.3 is 15.8 Å².